The Hall–Kier alpha value is -0.0500. The van der Waals surface area contributed by atoms with Crippen LogP contribution in [0, 0.1) is 0 Å². The topological polar surface area (TPSA) is 26.3 Å². The summed E-state index contributed by atoms with van der Waals surface area (Å²) >= 11 is 3.29. The molecule has 1 unspecified atom stereocenters. The summed E-state index contributed by atoms with van der Waals surface area (Å²) in [5.41, 5.74) is 0. The number of halogens is 1. The molecule has 2 nitrogen and oxygen atoms in total. The summed E-state index contributed by atoms with van der Waals surface area (Å²) in [6.07, 6.45) is 2.52. The Morgan fingerprint density at radius 1 is 1.64 bits per heavy atom. The van der Waals surface area contributed by atoms with Crippen LogP contribution in [0.15, 0.2) is 0 Å². The molecule has 0 aliphatic heterocycles. The lowest BCUT2D eigenvalue weighted by Crippen LogP contribution is -2.10. The fourth-order valence-electron chi connectivity index (χ4n) is 0.601. The molecule has 1 atom stereocenters. The maximum absolute atomic E-state index is 10.9. The second kappa shape index (κ2) is 6.65. The Labute approximate surface area is 76.4 Å². The fourth-order valence-corrected chi connectivity index (χ4v) is 0.733. The number of ether oxygens (including phenoxy) is 1. The van der Waals surface area contributed by atoms with Crippen molar-refractivity contribution in [2.24, 2.45) is 0 Å². The summed E-state index contributed by atoms with van der Waals surface area (Å²) in [5, 5.41) is 0. The van der Waals surface area contributed by atoms with Gasteiger partial charge in [-0.25, -0.2) is 0 Å². The van der Waals surface area contributed by atoms with Gasteiger partial charge in [0.15, 0.2) is 0 Å². The zero-order valence-electron chi connectivity index (χ0n) is 7.10. The van der Waals surface area contributed by atoms with E-state index in [1.165, 1.54) is 0 Å². The van der Waals surface area contributed by atoms with Gasteiger partial charge in [0.25, 0.3) is 0 Å². The zero-order valence-corrected chi connectivity index (χ0v) is 8.69. The molecule has 3 heteroatoms. The van der Waals surface area contributed by atoms with Crippen LogP contribution < -0.4 is 0 Å². The van der Waals surface area contributed by atoms with Crippen LogP contribution in [0.3, 0.4) is 0 Å². The lowest BCUT2D eigenvalue weighted by atomic mass is 10.2. The Morgan fingerprint density at radius 2 is 2.27 bits per heavy atom. The van der Waals surface area contributed by atoms with Crippen LogP contribution in [0.25, 0.3) is 0 Å². The van der Waals surface area contributed by atoms with Gasteiger partial charge in [0, 0.05) is 11.2 Å². The summed E-state index contributed by atoms with van der Waals surface area (Å²) < 4.78 is 4.92. The van der Waals surface area contributed by atoms with E-state index in [0.29, 0.717) is 13.0 Å². The zero-order chi connectivity index (χ0) is 8.69. The van der Waals surface area contributed by atoms with E-state index in [0.717, 1.165) is 12.8 Å². The van der Waals surface area contributed by atoms with Crippen LogP contribution in [0.5, 0.6) is 0 Å². The van der Waals surface area contributed by atoms with E-state index < -0.39 is 0 Å². The van der Waals surface area contributed by atoms with Crippen molar-refractivity contribution >= 4 is 21.9 Å². The van der Waals surface area contributed by atoms with Crippen molar-refractivity contribution in [3.63, 3.8) is 0 Å². The third-order valence-electron chi connectivity index (χ3n) is 1.21. The first kappa shape index (κ1) is 11.0. The van der Waals surface area contributed by atoms with Gasteiger partial charge in [-0.3, -0.25) is 4.79 Å². The van der Waals surface area contributed by atoms with Crippen molar-refractivity contribution in [1.82, 2.24) is 0 Å². The molecular formula is C8H15BrO2. The van der Waals surface area contributed by atoms with Gasteiger partial charge in [-0.05, 0) is 13.3 Å². The number of hydrogen-bond donors (Lipinski definition) is 0. The molecule has 0 radical (unpaired) electrons. The molecule has 0 spiro atoms. The average molecular weight is 223 g/mol. The maximum Gasteiger partial charge on any atom is 0.305 e. The highest BCUT2D eigenvalue weighted by Crippen LogP contribution is 2.01. The highest BCUT2D eigenvalue weighted by molar-refractivity contribution is 9.09. The van der Waals surface area contributed by atoms with E-state index in [9.17, 15) is 4.79 Å². The van der Waals surface area contributed by atoms with Gasteiger partial charge >= 0.3 is 5.97 Å². The molecule has 0 aliphatic rings. The van der Waals surface area contributed by atoms with Crippen LogP contribution in [0.1, 0.15) is 33.1 Å². The van der Waals surface area contributed by atoms with Gasteiger partial charge < -0.3 is 4.74 Å². The third-order valence-corrected chi connectivity index (χ3v) is 1.47. The lowest BCUT2D eigenvalue weighted by Gasteiger charge is -2.04. The number of unbranched alkanes of at least 4 members (excludes halogenated alkanes) is 1. The molecule has 0 aromatic rings. The molecule has 0 aromatic heterocycles. The van der Waals surface area contributed by atoms with Crippen molar-refractivity contribution in [3.8, 4) is 0 Å². The Bertz CT molecular complexity index is 113. The largest absolute Gasteiger partial charge is 0.464 e. The third kappa shape index (κ3) is 7.85. The molecule has 0 amide bonds. The minimum Gasteiger partial charge on any atom is -0.464 e. The minimum absolute atomic E-state index is 0.0850. The van der Waals surface area contributed by atoms with Gasteiger partial charge in [0.2, 0.25) is 0 Å². The van der Waals surface area contributed by atoms with Gasteiger partial charge in [-0.2, -0.15) is 0 Å². The van der Waals surface area contributed by atoms with E-state index in [-0.39, 0.29) is 10.8 Å². The molecule has 11 heavy (non-hydrogen) atoms. The lowest BCUT2D eigenvalue weighted by molar-refractivity contribution is -0.143. The maximum atomic E-state index is 10.9. The first-order chi connectivity index (χ1) is 5.16. The normalized spacial score (nSPS) is 12.6. The summed E-state index contributed by atoms with van der Waals surface area (Å²) in [5.74, 6) is -0.0850. The van der Waals surface area contributed by atoms with Crippen molar-refractivity contribution in [2.75, 3.05) is 6.61 Å². The summed E-state index contributed by atoms with van der Waals surface area (Å²) in [6.45, 7) is 4.48. The number of hydrogen-bond acceptors (Lipinski definition) is 2. The fraction of sp³-hybridized carbons (Fsp3) is 0.875. The van der Waals surface area contributed by atoms with E-state index in [4.69, 9.17) is 4.74 Å². The van der Waals surface area contributed by atoms with E-state index in [1.807, 2.05) is 6.92 Å². The number of rotatable bonds is 5. The molecule has 0 heterocycles. The number of esters is 1. The van der Waals surface area contributed by atoms with Crippen LogP contribution >= 0.6 is 15.9 Å². The van der Waals surface area contributed by atoms with Crippen molar-refractivity contribution < 1.29 is 9.53 Å². The van der Waals surface area contributed by atoms with E-state index >= 15 is 0 Å². The highest BCUT2D eigenvalue weighted by atomic mass is 79.9. The van der Waals surface area contributed by atoms with Gasteiger partial charge in [0.1, 0.15) is 6.61 Å². The Balaban J connectivity index is 3.23. The summed E-state index contributed by atoms with van der Waals surface area (Å²) in [4.78, 5) is 11.1. The van der Waals surface area contributed by atoms with Crippen LogP contribution in [-0.4, -0.2) is 17.4 Å². The van der Waals surface area contributed by atoms with Gasteiger partial charge in [-0.15, -0.1) is 0 Å². The standard InChI is InChI=1S/C8H15BrO2/c1-3-4-5-8(10)11-6-7(2)9/h7H,3-6H2,1-2H3. The molecule has 0 N–H and O–H groups in total. The average Bonchev–Trinajstić information content (AvgIpc) is 1.97. The summed E-state index contributed by atoms with van der Waals surface area (Å²) in [7, 11) is 0. The Kier molecular flexibility index (Phi) is 6.62. The molecular weight excluding hydrogens is 208 g/mol. The number of carbonyl (C=O) groups excluding carboxylic acids is 1. The molecule has 66 valence electrons. The predicted octanol–water partition coefficient (Wildman–Crippen LogP) is 2.50. The first-order valence-electron chi connectivity index (χ1n) is 3.96. The van der Waals surface area contributed by atoms with Crippen LogP contribution in [0.2, 0.25) is 0 Å². The SMILES string of the molecule is CCCCC(=O)OCC(C)Br. The summed E-state index contributed by atoms with van der Waals surface area (Å²) in [6, 6.07) is 0. The molecule has 0 aliphatic carbocycles. The van der Waals surface area contributed by atoms with Gasteiger partial charge in [-0.1, -0.05) is 29.3 Å². The smallest absolute Gasteiger partial charge is 0.305 e. The molecule has 0 saturated carbocycles. The predicted molar refractivity (Wildman–Crippen MR) is 48.9 cm³/mol. The molecule has 0 fully saturated rings. The van der Waals surface area contributed by atoms with Crippen molar-refractivity contribution in [1.29, 1.82) is 0 Å². The Morgan fingerprint density at radius 3 is 2.73 bits per heavy atom. The minimum atomic E-state index is -0.0850. The van der Waals surface area contributed by atoms with Crippen molar-refractivity contribution in [3.05, 3.63) is 0 Å². The highest BCUT2D eigenvalue weighted by Gasteiger charge is 2.03. The molecule has 0 saturated heterocycles. The second-order valence-electron chi connectivity index (χ2n) is 2.57. The monoisotopic (exact) mass is 222 g/mol. The molecule has 0 aromatic carbocycles. The van der Waals surface area contributed by atoms with E-state index in [2.05, 4.69) is 22.9 Å². The molecule has 0 bridgehead atoms. The quantitative estimate of drug-likeness (QED) is 0.528. The van der Waals surface area contributed by atoms with Crippen LogP contribution in [-0.2, 0) is 9.53 Å². The number of carbonyl (C=O) groups is 1. The molecule has 0 rings (SSSR count). The van der Waals surface area contributed by atoms with Gasteiger partial charge in [0.05, 0.1) is 0 Å². The first-order valence-corrected chi connectivity index (χ1v) is 4.88. The van der Waals surface area contributed by atoms with Crippen LogP contribution in [0.4, 0.5) is 0 Å². The van der Waals surface area contributed by atoms with E-state index in [1.54, 1.807) is 0 Å². The second-order valence-corrected chi connectivity index (χ2v) is 4.13. The van der Waals surface area contributed by atoms with Crippen molar-refractivity contribution in [2.45, 2.75) is 37.9 Å². The number of alkyl halides is 1.